The molecule has 4 N–H and O–H groups in total. The van der Waals surface area contributed by atoms with Crippen molar-refractivity contribution in [1.82, 2.24) is 20.2 Å². The minimum absolute atomic E-state index is 0.0231. The molecule has 1 saturated heterocycles. The third-order valence-corrected chi connectivity index (χ3v) is 4.76. The number of rotatable bonds is 4. The molecule has 24 heavy (non-hydrogen) atoms. The maximum atomic E-state index is 5.81. The van der Waals surface area contributed by atoms with Gasteiger partial charge in [-0.3, -0.25) is 5.10 Å². The number of aromatic nitrogens is 4. The van der Waals surface area contributed by atoms with Gasteiger partial charge >= 0.3 is 0 Å². The minimum Gasteiger partial charge on any atom is -0.381 e. The van der Waals surface area contributed by atoms with Crippen LogP contribution in [0.15, 0.2) is 36.5 Å². The fraction of sp³-hybridized carbons (Fsp3) is 0.353. The van der Waals surface area contributed by atoms with Crippen LogP contribution >= 0.6 is 0 Å². The Morgan fingerprint density at radius 2 is 1.96 bits per heavy atom. The quantitative estimate of drug-likeness (QED) is 0.679. The fourth-order valence-corrected chi connectivity index (χ4v) is 3.36. The van der Waals surface area contributed by atoms with Crippen LogP contribution in [0.3, 0.4) is 0 Å². The van der Waals surface area contributed by atoms with Gasteiger partial charge in [-0.1, -0.05) is 30.3 Å². The van der Waals surface area contributed by atoms with E-state index >= 15 is 0 Å². The molecule has 0 amide bonds. The number of H-pyrrole nitrogens is 1. The summed E-state index contributed by atoms with van der Waals surface area (Å²) < 4.78 is 5.59. The predicted octanol–water partition coefficient (Wildman–Crippen LogP) is 2.10. The normalized spacial score (nSPS) is 17.0. The van der Waals surface area contributed by atoms with E-state index in [4.69, 9.17) is 10.5 Å². The topological polar surface area (TPSA) is 102 Å². The second-order valence-electron chi connectivity index (χ2n) is 6.17. The average Bonchev–Trinajstić information content (AvgIpc) is 3.09. The van der Waals surface area contributed by atoms with Crippen molar-refractivity contribution in [3.63, 3.8) is 0 Å². The van der Waals surface area contributed by atoms with Crippen molar-refractivity contribution in [1.29, 1.82) is 0 Å². The number of anilines is 2. The van der Waals surface area contributed by atoms with Crippen molar-refractivity contribution in [3.05, 3.63) is 42.1 Å². The van der Waals surface area contributed by atoms with Gasteiger partial charge in [0.15, 0.2) is 5.65 Å². The molecule has 1 aromatic carbocycles. The molecule has 3 heterocycles. The zero-order chi connectivity index (χ0) is 16.4. The van der Waals surface area contributed by atoms with E-state index in [0.717, 1.165) is 38.0 Å². The summed E-state index contributed by atoms with van der Waals surface area (Å²) in [5.74, 6) is 0.947. The van der Waals surface area contributed by atoms with Crippen LogP contribution in [0, 0.1) is 0 Å². The first-order chi connectivity index (χ1) is 11.8. The highest BCUT2D eigenvalue weighted by Crippen LogP contribution is 2.35. The monoisotopic (exact) mass is 324 g/mol. The maximum absolute atomic E-state index is 5.81. The number of nitrogens with zero attached hydrogens (tertiary/aromatic N) is 3. The summed E-state index contributed by atoms with van der Waals surface area (Å²) in [5, 5.41) is 11.2. The summed E-state index contributed by atoms with van der Waals surface area (Å²) in [4.78, 5) is 8.50. The second-order valence-corrected chi connectivity index (χ2v) is 6.17. The molecule has 3 aromatic rings. The molecule has 0 aliphatic carbocycles. The lowest BCUT2D eigenvalue weighted by molar-refractivity contribution is 0.0544. The third-order valence-electron chi connectivity index (χ3n) is 4.76. The van der Waals surface area contributed by atoms with Gasteiger partial charge in [-0.2, -0.15) is 15.1 Å². The Labute approximate surface area is 139 Å². The first-order valence-corrected chi connectivity index (χ1v) is 8.11. The summed E-state index contributed by atoms with van der Waals surface area (Å²) >= 11 is 0. The Kier molecular flexibility index (Phi) is 3.78. The van der Waals surface area contributed by atoms with Gasteiger partial charge in [-0.25, -0.2) is 0 Å². The highest BCUT2D eigenvalue weighted by molar-refractivity contribution is 5.86. The standard InChI is InChI=1S/C17H20N6O/c18-16-21-14(13-10-20-23-15(13)22-16)19-11-17(6-8-24-9-7-17)12-4-2-1-3-5-12/h1-5,10H,6-9,11H2,(H4,18,19,20,21,22,23). The summed E-state index contributed by atoms with van der Waals surface area (Å²) in [5.41, 5.74) is 7.80. The molecule has 0 spiro atoms. The molecular formula is C17H20N6O. The van der Waals surface area contributed by atoms with Crippen LogP contribution in [0.5, 0.6) is 0 Å². The Morgan fingerprint density at radius 3 is 2.75 bits per heavy atom. The molecular weight excluding hydrogens is 304 g/mol. The smallest absolute Gasteiger partial charge is 0.224 e. The summed E-state index contributed by atoms with van der Waals surface area (Å²) in [6.07, 6.45) is 3.66. The van der Waals surface area contributed by atoms with E-state index in [2.05, 4.69) is 49.7 Å². The zero-order valence-corrected chi connectivity index (χ0v) is 13.3. The molecule has 7 nitrogen and oxygen atoms in total. The number of nitrogens with one attached hydrogen (secondary N) is 2. The first kappa shape index (κ1) is 14.9. The second kappa shape index (κ2) is 6.09. The number of benzene rings is 1. The van der Waals surface area contributed by atoms with Crippen molar-refractivity contribution in [3.8, 4) is 0 Å². The molecule has 4 rings (SSSR count). The predicted molar refractivity (Wildman–Crippen MR) is 92.8 cm³/mol. The molecule has 1 fully saturated rings. The van der Waals surface area contributed by atoms with Crippen molar-refractivity contribution in [2.24, 2.45) is 0 Å². The van der Waals surface area contributed by atoms with E-state index in [0.29, 0.717) is 11.5 Å². The largest absolute Gasteiger partial charge is 0.381 e. The van der Waals surface area contributed by atoms with Crippen LogP contribution in [-0.4, -0.2) is 39.9 Å². The van der Waals surface area contributed by atoms with Gasteiger partial charge in [0.25, 0.3) is 0 Å². The first-order valence-electron chi connectivity index (χ1n) is 8.11. The van der Waals surface area contributed by atoms with Gasteiger partial charge in [0.2, 0.25) is 5.95 Å². The highest BCUT2D eigenvalue weighted by atomic mass is 16.5. The Morgan fingerprint density at radius 1 is 1.17 bits per heavy atom. The zero-order valence-electron chi connectivity index (χ0n) is 13.3. The number of hydrogen-bond donors (Lipinski definition) is 3. The molecule has 2 aromatic heterocycles. The van der Waals surface area contributed by atoms with Crippen molar-refractivity contribution < 1.29 is 4.74 Å². The minimum atomic E-state index is 0.0231. The summed E-state index contributed by atoms with van der Waals surface area (Å²) in [6, 6.07) is 10.6. The van der Waals surface area contributed by atoms with E-state index in [1.165, 1.54) is 5.56 Å². The van der Waals surface area contributed by atoms with Crippen LogP contribution in [0.25, 0.3) is 11.0 Å². The lowest BCUT2D eigenvalue weighted by atomic mass is 9.74. The lowest BCUT2D eigenvalue weighted by Gasteiger charge is -2.38. The molecule has 1 aliphatic rings. The SMILES string of the molecule is Nc1nc(NCC2(c3ccccc3)CCOCC2)c2cn[nH]c2n1. The van der Waals surface area contributed by atoms with Gasteiger partial charge in [-0.15, -0.1) is 0 Å². The molecule has 7 heteroatoms. The van der Waals surface area contributed by atoms with Crippen molar-refractivity contribution in [2.75, 3.05) is 30.8 Å². The molecule has 0 unspecified atom stereocenters. The molecule has 0 atom stereocenters. The average molecular weight is 324 g/mol. The van der Waals surface area contributed by atoms with E-state index in [1.807, 2.05) is 6.07 Å². The van der Waals surface area contributed by atoms with Crippen LogP contribution in [0.1, 0.15) is 18.4 Å². The van der Waals surface area contributed by atoms with Crippen LogP contribution in [0.2, 0.25) is 0 Å². The van der Waals surface area contributed by atoms with E-state index in [9.17, 15) is 0 Å². The third kappa shape index (κ3) is 2.67. The van der Waals surface area contributed by atoms with Gasteiger partial charge in [0.1, 0.15) is 5.82 Å². The number of fused-ring (bicyclic) bond motifs is 1. The Balaban J connectivity index is 1.65. The number of hydrogen-bond acceptors (Lipinski definition) is 6. The van der Waals surface area contributed by atoms with Crippen LogP contribution < -0.4 is 11.1 Å². The molecule has 0 bridgehead atoms. The van der Waals surface area contributed by atoms with Gasteiger partial charge in [-0.05, 0) is 18.4 Å². The van der Waals surface area contributed by atoms with Gasteiger partial charge in [0.05, 0.1) is 11.6 Å². The molecule has 1 aliphatic heterocycles. The Bertz CT molecular complexity index is 825. The molecule has 124 valence electrons. The van der Waals surface area contributed by atoms with E-state index < -0.39 is 0 Å². The van der Waals surface area contributed by atoms with E-state index in [-0.39, 0.29) is 11.4 Å². The van der Waals surface area contributed by atoms with Gasteiger partial charge in [0, 0.05) is 25.2 Å². The Hall–Kier alpha value is -2.67. The van der Waals surface area contributed by atoms with Crippen molar-refractivity contribution in [2.45, 2.75) is 18.3 Å². The molecule has 0 radical (unpaired) electrons. The fourth-order valence-electron chi connectivity index (χ4n) is 3.36. The molecule has 0 saturated carbocycles. The number of nitrogens with two attached hydrogens (primary N) is 1. The summed E-state index contributed by atoms with van der Waals surface area (Å²) in [6.45, 7) is 2.30. The number of ether oxygens (including phenoxy) is 1. The maximum Gasteiger partial charge on any atom is 0.224 e. The summed E-state index contributed by atoms with van der Waals surface area (Å²) in [7, 11) is 0. The van der Waals surface area contributed by atoms with Crippen LogP contribution in [-0.2, 0) is 10.2 Å². The van der Waals surface area contributed by atoms with E-state index in [1.54, 1.807) is 6.20 Å². The van der Waals surface area contributed by atoms with Crippen molar-refractivity contribution >= 4 is 22.8 Å². The number of aromatic amines is 1. The van der Waals surface area contributed by atoms with Gasteiger partial charge < -0.3 is 15.8 Å². The van der Waals surface area contributed by atoms with Crippen LogP contribution in [0.4, 0.5) is 11.8 Å². The lowest BCUT2D eigenvalue weighted by Crippen LogP contribution is -2.40. The number of nitrogen functional groups attached to an aromatic ring is 1. The highest BCUT2D eigenvalue weighted by Gasteiger charge is 2.34.